The molecule has 0 saturated heterocycles. The number of ether oxygens (including phenoxy) is 1. The highest BCUT2D eigenvalue weighted by Crippen LogP contribution is 2.25. The van der Waals surface area contributed by atoms with Crippen LogP contribution in [0.5, 0.6) is 5.75 Å². The monoisotopic (exact) mass is 320 g/mol. The number of benzene rings is 2. The quantitative estimate of drug-likeness (QED) is 0.657. The highest BCUT2D eigenvalue weighted by molar-refractivity contribution is 9.10. The Kier molecular flexibility index (Phi) is 4.96. The average Bonchev–Trinajstić information content (AvgIpc) is 2.46. The summed E-state index contributed by atoms with van der Waals surface area (Å²) in [5.74, 6) is 6.57. The van der Waals surface area contributed by atoms with E-state index in [9.17, 15) is 0 Å². The van der Waals surface area contributed by atoms with Crippen LogP contribution in [-0.2, 0) is 6.42 Å². The molecule has 0 spiro atoms. The number of para-hydroxylation sites is 1. The van der Waals surface area contributed by atoms with Crippen molar-refractivity contribution in [3.8, 4) is 5.75 Å². The second-order valence-electron chi connectivity index (χ2n) is 4.29. The molecule has 0 bridgehead atoms. The number of rotatable bonds is 5. The lowest BCUT2D eigenvalue weighted by Gasteiger charge is -2.18. The van der Waals surface area contributed by atoms with Crippen LogP contribution in [0.15, 0.2) is 53.0 Å². The predicted octanol–water partition coefficient (Wildman–Crippen LogP) is 3.20. The fourth-order valence-corrected chi connectivity index (χ4v) is 2.32. The third-order valence-electron chi connectivity index (χ3n) is 3.09. The molecule has 3 nitrogen and oxygen atoms in total. The smallest absolute Gasteiger partial charge is 0.122 e. The molecule has 100 valence electrons. The molecule has 0 amide bonds. The van der Waals surface area contributed by atoms with Crippen LogP contribution in [0.4, 0.5) is 0 Å². The maximum Gasteiger partial charge on any atom is 0.122 e. The van der Waals surface area contributed by atoms with Crippen molar-refractivity contribution in [2.24, 2.45) is 5.84 Å². The Bertz CT molecular complexity index is 528. The van der Waals surface area contributed by atoms with E-state index in [2.05, 4.69) is 39.6 Å². The number of nitrogens with one attached hydrogen (secondary N) is 1. The average molecular weight is 321 g/mol. The van der Waals surface area contributed by atoms with Crippen LogP contribution in [0.2, 0.25) is 0 Å². The SMILES string of the molecule is COc1ccccc1CC(NN)c1ccc(Br)cc1. The molecule has 0 aliphatic heterocycles. The fraction of sp³-hybridized carbons (Fsp3) is 0.200. The first-order valence-corrected chi connectivity index (χ1v) is 6.87. The number of nitrogens with two attached hydrogens (primary N) is 1. The van der Waals surface area contributed by atoms with Crippen molar-refractivity contribution in [2.45, 2.75) is 12.5 Å². The van der Waals surface area contributed by atoms with Crippen LogP contribution in [0, 0.1) is 0 Å². The van der Waals surface area contributed by atoms with Crippen molar-refractivity contribution < 1.29 is 4.74 Å². The van der Waals surface area contributed by atoms with Gasteiger partial charge in [0.2, 0.25) is 0 Å². The van der Waals surface area contributed by atoms with Crippen LogP contribution in [0.25, 0.3) is 0 Å². The van der Waals surface area contributed by atoms with Gasteiger partial charge in [-0.05, 0) is 35.7 Å². The van der Waals surface area contributed by atoms with Gasteiger partial charge in [-0.3, -0.25) is 11.3 Å². The van der Waals surface area contributed by atoms with E-state index in [1.54, 1.807) is 7.11 Å². The van der Waals surface area contributed by atoms with Gasteiger partial charge in [0.05, 0.1) is 13.2 Å². The van der Waals surface area contributed by atoms with Crippen molar-refractivity contribution in [2.75, 3.05) is 7.11 Å². The van der Waals surface area contributed by atoms with Crippen molar-refractivity contribution in [1.82, 2.24) is 5.43 Å². The van der Waals surface area contributed by atoms with Gasteiger partial charge in [-0.2, -0.15) is 0 Å². The Hall–Kier alpha value is -1.36. The third kappa shape index (κ3) is 3.56. The molecule has 0 aliphatic rings. The topological polar surface area (TPSA) is 47.3 Å². The maximum absolute atomic E-state index is 5.68. The molecule has 0 heterocycles. The second kappa shape index (κ2) is 6.70. The van der Waals surface area contributed by atoms with Gasteiger partial charge in [0.25, 0.3) is 0 Å². The lowest BCUT2D eigenvalue weighted by molar-refractivity contribution is 0.405. The lowest BCUT2D eigenvalue weighted by atomic mass is 9.99. The van der Waals surface area contributed by atoms with E-state index in [4.69, 9.17) is 10.6 Å². The molecule has 0 aromatic heterocycles. The number of hydrazine groups is 1. The van der Waals surface area contributed by atoms with E-state index in [1.807, 2.05) is 30.3 Å². The first-order valence-electron chi connectivity index (χ1n) is 6.08. The molecule has 19 heavy (non-hydrogen) atoms. The van der Waals surface area contributed by atoms with E-state index >= 15 is 0 Å². The van der Waals surface area contributed by atoms with Crippen LogP contribution in [0.1, 0.15) is 17.2 Å². The van der Waals surface area contributed by atoms with E-state index in [0.29, 0.717) is 0 Å². The number of methoxy groups -OCH3 is 1. The minimum Gasteiger partial charge on any atom is -0.496 e. The van der Waals surface area contributed by atoms with Crippen LogP contribution >= 0.6 is 15.9 Å². The molecule has 1 unspecified atom stereocenters. The molecule has 1 atom stereocenters. The molecule has 0 radical (unpaired) electrons. The van der Waals surface area contributed by atoms with Gasteiger partial charge in [0.1, 0.15) is 5.75 Å². The largest absolute Gasteiger partial charge is 0.496 e. The first-order chi connectivity index (χ1) is 9.24. The first kappa shape index (κ1) is 14.1. The normalized spacial score (nSPS) is 12.2. The number of hydrogen-bond acceptors (Lipinski definition) is 3. The molecule has 0 fully saturated rings. The summed E-state index contributed by atoms with van der Waals surface area (Å²) in [6.45, 7) is 0. The van der Waals surface area contributed by atoms with Crippen molar-refractivity contribution in [3.63, 3.8) is 0 Å². The van der Waals surface area contributed by atoms with Crippen LogP contribution in [0.3, 0.4) is 0 Å². The van der Waals surface area contributed by atoms with Crippen molar-refractivity contribution >= 4 is 15.9 Å². The zero-order valence-corrected chi connectivity index (χ0v) is 12.4. The highest BCUT2D eigenvalue weighted by Gasteiger charge is 2.13. The lowest BCUT2D eigenvalue weighted by Crippen LogP contribution is -2.29. The summed E-state index contributed by atoms with van der Waals surface area (Å²) >= 11 is 3.43. The summed E-state index contributed by atoms with van der Waals surface area (Å²) in [6, 6.07) is 16.2. The van der Waals surface area contributed by atoms with Gasteiger partial charge < -0.3 is 4.74 Å². The Balaban J connectivity index is 2.21. The summed E-state index contributed by atoms with van der Waals surface area (Å²) in [4.78, 5) is 0. The number of hydrogen-bond donors (Lipinski definition) is 2. The van der Waals surface area contributed by atoms with Crippen molar-refractivity contribution in [1.29, 1.82) is 0 Å². The van der Waals surface area contributed by atoms with Gasteiger partial charge in [-0.25, -0.2) is 0 Å². The molecular weight excluding hydrogens is 304 g/mol. The van der Waals surface area contributed by atoms with E-state index < -0.39 is 0 Å². The molecule has 2 aromatic carbocycles. The Labute approximate surface area is 121 Å². The third-order valence-corrected chi connectivity index (χ3v) is 3.62. The van der Waals surface area contributed by atoms with Gasteiger partial charge in [0, 0.05) is 4.47 Å². The summed E-state index contributed by atoms with van der Waals surface area (Å²) in [5.41, 5.74) is 5.15. The zero-order chi connectivity index (χ0) is 13.7. The minimum absolute atomic E-state index is 0.0596. The fourth-order valence-electron chi connectivity index (χ4n) is 2.06. The summed E-state index contributed by atoms with van der Waals surface area (Å²) < 4.78 is 6.43. The molecule has 2 rings (SSSR count). The van der Waals surface area contributed by atoms with E-state index in [-0.39, 0.29) is 6.04 Å². The highest BCUT2D eigenvalue weighted by atomic mass is 79.9. The summed E-state index contributed by atoms with van der Waals surface area (Å²) in [6.07, 6.45) is 0.780. The van der Waals surface area contributed by atoms with Crippen LogP contribution in [-0.4, -0.2) is 7.11 Å². The Morgan fingerprint density at radius 3 is 2.47 bits per heavy atom. The molecule has 2 aromatic rings. The van der Waals surface area contributed by atoms with Gasteiger partial charge in [-0.15, -0.1) is 0 Å². The standard InChI is InChI=1S/C15H17BrN2O/c1-19-15-5-3-2-4-12(15)10-14(18-17)11-6-8-13(16)9-7-11/h2-9,14,18H,10,17H2,1H3. The minimum atomic E-state index is 0.0596. The van der Waals surface area contributed by atoms with Gasteiger partial charge in [-0.1, -0.05) is 46.3 Å². The molecule has 0 saturated carbocycles. The summed E-state index contributed by atoms with van der Waals surface area (Å²) in [5, 5.41) is 0. The second-order valence-corrected chi connectivity index (χ2v) is 5.20. The van der Waals surface area contributed by atoms with E-state index in [0.717, 1.165) is 27.8 Å². The Morgan fingerprint density at radius 1 is 1.16 bits per heavy atom. The van der Waals surface area contributed by atoms with Gasteiger partial charge >= 0.3 is 0 Å². The van der Waals surface area contributed by atoms with E-state index in [1.165, 1.54) is 0 Å². The maximum atomic E-state index is 5.68. The predicted molar refractivity (Wildman–Crippen MR) is 80.9 cm³/mol. The molecular formula is C15H17BrN2O. The molecule has 3 N–H and O–H groups in total. The zero-order valence-electron chi connectivity index (χ0n) is 10.8. The number of halogens is 1. The summed E-state index contributed by atoms with van der Waals surface area (Å²) in [7, 11) is 1.68. The van der Waals surface area contributed by atoms with Crippen LogP contribution < -0.4 is 16.0 Å². The molecule has 4 heteroatoms. The molecule has 0 aliphatic carbocycles. The Morgan fingerprint density at radius 2 is 1.84 bits per heavy atom. The van der Waals surface area contributed by atoms with Gasteiger partial charge in [0.15, 0.2) is 0 Å². The van der Waals surface area contributed by atoms with Crippen molar-refractivity contribution in [3.05, 3.63) is 64.1 Å².